The first-order valence-electron chi connectivity index (χ1n) is 5.18. The molecule has 0 heterocycles. The number of allylic oxidation sites excluding steroid dienone is 1. The third-order valence-corrected chi connectivity index (χ3v) is 2.16. The van der Waals surface area contributed by atoms with Gasteiger partial charge >= 0.3 is 5.97 Å². The van der Waals surface area contributed by atoms with Crippen molar-refractivity contribution in [1.82, 2.24) is 0 Å². The van der Waals surface area contributed by atoms with Crippen LogP contribution in [0.25, 0.3) is 0 Å². The second-order valence-corrected chi connectivity index (χ2v) is 3.31. The maximum Gasteiger partial charge on any atom is 0.313 e. The smallest absolute Gasteiger partial charge is 0.313 e. The molecule has 2 nitrogen and oxygen atoms in total. The van der Waals surface area contributed by atoms with Gasteiger partial charge < -0.3 is 4.74 Å². The molecule has 1 atom stereocenters. The summed E-state index contributed by atoms with van der Waals surface area (Å²) in [7, 11) is 0. The molecule has 2 heteroatoms. The second-order valence-electron chi connectivity index (χ2n) is 3.31. The Morgan fingerprint density at radius 2 is 2.14 bits per heavy atom. The zero-order valence-corrected chi connectivity index (χ0v) is 9.00. The summed E-state index contributed by atoms with van der Waals surface area (Å²) in [5, 5.41) is 0. The van der Waals surface area contributed by atoms with Crippen LogP contribution in [0.5, 0.6) is 0 Å². The SMILES string of the molecule is C=CCCC(CCCC)C(=O)OC=C. The van der Waals surface area contributed by atoms with Gasteiger partial charge in [0.05, 0.1) is 12.2 Å². The molecular weight excluding hydrogens is 176 g/mol. The highest BCUT2D eigenvalue weighted by molar-refractivity contribution is 5.72. The van der Waals surface area contributed by atoms with Crippen molar-refractivity contribution in [2.24, 2.45) is 5.92 Å². The summed E-state index contributed by atoms with van der Waals surface area (Å²) in [6, 6.07) is 0. The summed E-state index contributed by atoms with van der Waals surface area (Å²) in [5.74, 6) is -0.152. The lowest BCUT2D eigenvalue weighted by Gasteiger charge is -2.12. The fraction of sp³-hybridized carbons (Fsp3) is 0.583. The molecule has 0 bridgehead atoms. The minimum atomic E-state index is -0.157. The average molecular weight is 196 g/mol. The fourth-order valence-electron chi connectivity index (χ4n) is 1.33. The van der Waals surface area contributed by atoms with Gasteiger partial charge in [-0.05, 0) is 19.3 Å². The molecule has 1 unspecified atom stereocenters. The van der Waals surface area contributed by atoms with Gasteiger partial charge in [0, 0.05) is 0 Å². The number of carbonyl (C=O) groups is 1. The molecule has 0 aliphatic carbocycles. The maximum atomic E-state index is 11.4. The zero-order valence-electron chi connectivity index (χ0n) is 9.00. The van der Waals surface area contributed by atoms with Crippen molar-refractivity contribution in [3.05, 3.63) is 25.5 Å². The predicted molar refractivity (Wildman–Crippen MR) is 58.7 cm³/mol. The molecule has 0 saturated carbocycles. The number of rotatable bonds is 8. The third-order valence-electron chi connectivity index (χ3n) is 2.16. The van der Waals surface area contributed by atoms with E-state index < -0.39 is 0 Å². The van der Waals surface area contributed by atoms with Crippen LogP contribution in [0, 0.1) is 5.92 Å². The van der Waals surface area contributed by atoms with Crippen LogP contribution in [0.4, 0.5) is 0 Å². The van der Waals surface area contributed by atoms with Crippen molar-refractivity contribution in [3.8, 4) is 0 Å². The molecule has 0 aliphatic rings. The Labute approximate surface area is 86.6 Å². The lowest BCUT2D eigenvalue weighted by atomic mass is 9.97. The van der Waals surface area contributed by atoms with Gasteiger partial charge in [0.15, 0.2) is 0 Å². The van der Waals surface area contributed by atoms with Crippen LogP contribution in [0.2, 0.25) is 0 Å². The molecule has 0 aromatic rings. The lowest BCUT2D eigenvalue weighted by Crippen LogP contribution is -2.15. The molecule has 0 fully saturated rings. The molecule has 0 rings (SSSR count). The quantitative estimate of drug-likeness (QED) is 0.337. The van der Waals surface area contributed by atoms with E-state index in [9.17, 15) is 4.79 Å². The third kappa shape index (κ3) is 5.57. The van der Waals surface area contributed by atoms with Crippen LogP contribution < -0.4 is 0 Å². The van der Waals surface area contributed by atoms with Crippen molar-refractivity contribution in [3.63, 3.8) is 0 Å². The van der Waals surface area contributed by atoms with E-state index in [-0.39, 0.29) is 11.9 Å². The molecular formula is C12H20O2. The Bertz CT molecular complexity index is 185. The van der Waals surface area contributed by atoms with E-state index >= 15 is 0 Å². The number of hydrogen-bond donors (Lipinski definition) is 0. The topological polar surface area (TPSA) is 26.3 Å². The summed E-state index contributed by atoms with van der Waals surface area (Å²) in [6.07, 6.45) is 7.79. The predicted octanol–water partition coefficient (Wildman–Crippen LogP) is 3.45. The van der Waals surface area contributed by atoms with Gasteiger partial charge in [-0.2, -0.15) is 0 Å². The van der Waals surface area contributed by atoms with Gasteiger partial charge in [-0.15, -0.1) is 6.58 Å². The van der Waals surface area contributed by atoms with Gasteiger partial charge in [-0.25, -0.2) is 0 Å². The van der Waals surface area contributed by atoms with Crippen LogP contribution in [-0.2, 0) is 9.53 Å². The number of esters is 1. The summed E-state index contributed by atoms with van der Waals surface area (Å²) in [6.45, 7) is 9.14. The van der Waals surface area contributed by atoms with E-state index in [1.165, 1.54) is 6.26 Å². The van der Waals surface area contributed by atoms with E-state index in [1.54, 1.807) is 0 Å². The van der Waals surface area contributed by atoms with Crippen molar-refractivity contribution in [2.45, 2.75) is 39.0 Å². The summed E-state index contributed by atoms with van der Waals surface area (Å²) < 4.78 is 4.79. The Morgan fingerprint density at radius 1 is 1.43 bits per heavy atom. The minimum absolute atomic E-state index is 0.00551. The average Bonchev–Trinajstić information content (AvgIpc) is 2.18. The summed E-state index contributed by atoms with van der Waals surface area (Å²) in [4.78, 5) is 11.4. The Morgan fingerprint density at radius 3 is 2.64 bits per heavy atom. The molecule has 0 N–H and O–H groups in total. The first kappa shape index (κ1) is 12.9. The van der Waals surface area contributed by atoms with E-state index in [0.717, 1.165) is 32.1 Å². The lowest BCUT2D eigenvalue weighted by molar-refractivity contribution is -0.143. The summed E-state index contributed by atoms with van der Waals surface area (Å²) in [5.41, 5.74) is 0. The molecule has 0 radical (unpaired) electrons. The van der Waals surface area contributed by atoms with Crippen molar-refractivity contribution in [2.75, 3.05) is 0 Å². The second kappa shape index (κ2) is 8.54. The monoisotopic (exact) mass is 196 g/mol. The van der Waals surface area contributed by atoms with Gasteiger partial charge in [0.1, 0.15) is 0 Å². The van der Waals surface area contributed by atoms with Crippen LogP contribution in [0.15, 0.2) is 25.5 Å². The van der Waals surface area contributed by atoms with Crippen molar-refractivity contribution >= 4 is 5.97 Å². The van der Waals surface area contributed by atoms with Gasteiger partial charge in [-0.3, -0.25) is 4.79 Å². The fourth-order valence-corrected chi connectivity index (χ4v) is 1.33. The Kier molecular flexibility index (Phi) is 7.90. The molecule has 14 heavy (non-hydrogen) atoms. The highest BCUT2D eigenvalue weighted by atomic mass is 16.5. The molecule has 0 aromatic heterocycles. The van der Waals surface area contributed by atoms with Crippen LogP contribution in [-0.4, -0.2) is 5.97 Å². The Balaban J connectivity index is 3.99. The molecule has 0 amide bonds. The number of unbranched alkanes of at least 4 members (excludes halogenated alkanes) is 1. The normalized spacial score (nSPS) is 11.8. The van der Waals surface area contributed by atoms with Crippen LogP contribution in [0.1, 0.15) is 39.0 Å². The van der Waals surface area contributed by atoms with E-state index in [4.69, 9.17) is 4.74 Å². The van der Waals surface area contributed by atoms with Crippen molar-refractivity contribution < 1.29 is 9.53 Å². The molecule has 0 aromatic carbocycles. The molecule has 80 valence electrons. The van der Waals surface area contributed by atoms with Gasteiger partial charge in [0.2, 0.25) is 0 Å². The molecule has 0 spiro atoms. The summed E-state index contributed by atoms with van der Waals surface area (Å²) >= 11 is 0. The number of hydrogen-bond acceptors (Lipinski definition) is 2. The standard InChI is InChI=1S/C12H20O2/c1-4-7-9-11(10-8-5-2)12(13)14-6-3/h4,6,11H,1,3,5,7-10H2,2H3. The van der Waals surface area contributed by atoms with E-state index in [1.807, 2.05) is 6.08 Å². The van der Waals surface area contributed by atoms with Crippen LogP contribution in [0.3, 0.4) is 0 Å². The first-order valence-corrected chi connectivity index (χ1v) is 5.18. The van der Waals surface area contributed by atoms with Crippen LogP contribution >= 0.6 is 0 Å². The molecule has 0 aliphatic heterocycles. The van der Waals surface area contributed by atoms with Gasteiger partial charge in [-0.1, -0.05) is 32.4 Å². The van der Waals surface area contributed by atoms with E-state index in [0.29, 0.717) is 0 Å². The Hall–Kier alpha value is -1.05. The van der Waals surface area contributed by atoms with E-state index in [2.05, 4.69) is 20.1 Å². The largest absolute Gasteiger partial charge is 0.435 e. The first-order chi connectivity index (χ1) is 6.76. The number of ether oxygens (including phenoxy) is 1. The highest BCUT2D eigenvalue weighted by Gasteiger charge is 2.17. The highest BCUT2D eigenvalue weighted by Crippen LogP contribution is 2.17. The molecule has 0 saturated heterocycles. The van der Waals surface area contributed by atoms with Gasteiger partial charge in [0.25, 0.3) is 0 Å². The zero-order chi connectivity index (χ0) is 10.8. The number of carbonyl (C=O) groups excluding carboxylic acids is 1. The minimum Gasteiger partial charge on any atom is -0.435 e. The van der Waals surface area contributed by atoms with Crippen molar-refractivity contribution in [1.29, 1.82) is 0 Å². The maximum absolute atomic E-state index is 11.4.